The predicted octanol–water partition coefficient (Wildman–Crippen LogP) is 5.46. The minimum atomic E-state index is -0.0924. The Hall–Kier alpha value is -3.71. The van der Waals surface area contributed by atoms with E-state index < -0.39 is 0 Å². The van der Waals surface area contributed by atoms with Gasteiger partial charge in [-0.2, -0.15) is 0 Å². The Balaban J connectivity index is 1.32. The molecule has 0 saturated carbocycles. The monoisotopic (exact) mass is 513 g/mol. The summed E-state index contributed by atoms with van der Waals surface area (Å²) < 4.78 is 5.30. The molecule has 2 aliphatic rings. The second-order valence-electron chi connectivity index (χ2n) is 9.56. The second kappa shape index (κ2) is 10.3. The van der Waals surface area contributed by atoms with Gasteiger partial charge in [0.2, 0.25) is 0 Å². The maximum absolute atomic E-state index is 13.4. The Morgan fingerprint density at radius 2 is 1.84 bits per heavy atom. The van der Waals surface area contributed by atoms with Gasteiger partial charge in [0, 0.05) is 48.9 Å². The molecule has 7 heteroatoms. The summed E-state index contributed by atoms with van der Waals surface area (Å²) in [6, 6.07) is 22.0. The SMILES string of the molecule is COc1cccc(/C=C2\Sc3ccc(C(=O)N4CCN(c5ccc(C)cc5)[C@@H](C)C4)cc3N(C)C2=O)c1. The molecular weight excluding hydrogens is 482 g/mol. The van der Waals surface area contributed by atoms with Crippen molar-refractivity contribution < 1.29 is 14.3 Å². The second-order valence-corrected chi connectivity index (χ2v) is 10.6. The van der Waals surface area contributed by atoms with E-state index in [-0.39, 0.29) is 17.9 Å². The number of piperazine rings is 1. The van der Waals surface area contributed by atoms with Crippen LogP contribution in [0.4, 0.5) is 11.4 Å². The maximum Gasteiger partial charge on any atom is 0.264 e. The van der Waals surface area contributed by atoms with Gasteiger partial charge in [0.1, 0.15) is 5.75 Å². The third kappa shape index (κ3) is 5.09. The van der Waals surface area contributed by atoms with Gasteiger partial charge in [-0.25, -0.2) is 0 Å². The van der Waals surface area contributed by atoms with Gasteiger partial charge in [-0.15, -0.1) is 0 Å². The highest BCUT2D eigenvalue weighted by molar-refractivity contribution is 8.04. The Labute approximate surface area is 222 Å². The van der Waals surface area contributed by atoms with Crippen molar-refractivity contribution in [3.63, 3.8) is 0 Å². The fourth-order valence-corrected chi connectivity index (χ4v) is 5.95. The predicted molar refractivity (Wildman–Crippen MR) is 151 cm³/mol. The summed E-state index contributed by atoms with van der Waals surface area (Å²) in [5, 5.41) is 0. The van der Waals surface area contributed by atoms with E-state index in [1.165, 1.54) is 23.0 Å². The first-order chi connectivity index (χ1) is 17.8. The van der Waals surface area contributed by atoms with Crippen LogP contribution in [0.3, 0.4) is 0 Å². The average Bonchev–Trinajstić information content (AvgIpc) is 2.91. The van der Waals surface area contributed by atoms with E-state index in [0.29, 0.717) is 23.6 Å². The Kier molecular flexibility index (Phi) is 6.98. The molecule has 0 unspecified atom stereocenters. The summed E-state index contributed by atoms with van der Waals surface area (Å²) in [5.41, 5.74) is 4.69. The van der Waals surface area contributed by atoms with Crippen LogP contribution in [0.5, 0.6) is 5.75 Å². The van der Waals surface area contributed by atoms with Crippen LogP contribution in [-0.2, 0) is 4.79 Å². The van der Waals surface area contributed by atoms with Crippen LogP contribution in [0.1, 0.15) is 28.4 Å². The molecule has 0 aliphatic carbocycles. The molecule has 0 aromatic heterocycles. The van der Waals surface area contributed by atoms with Gasteiger partial charge >= 0.3 is 0 Å². The molecule has 0 spiro atoms. The van der Waals surface area contributed by atoms with E-state index >= 15 is 0 Å². The van der Waals surface area contributed by atoms with E-state index in [0.717, 1.165) is 28.4 Å². The van der Waals surface area contributed by atoms with Crippen molar-refractivity contribution in [3.05, 3.63) is 88.3 Å². The summed E-state index contributed by atoms with van der Waals surface area (Å²) in [6.07, 6.45) is 1.88. The lowest BCUT2D eigenvalue weighted by molar-refractivity contribution is -0.114. The minimum absolute atomic E-state index is 0.00164. The number of anilines is 2. The number of ether oxygens (including phenoxy) is 1. The molecule has 2 heterocycles. The number of amides is 2. The molecule has 2 aliphatic heterocycles. The molecule has 2 amide bonds. The number of thioether (sulfide) groups is 1. The normalized spacial score (nSPS) is 18.7. The molecule has 1 saturated heterocycles. The zero-order valence-corrected chi connectivity index (χ0v) is 22.4. The molecule has 3 aromatic rings. The molecule has 5 rings (SSSR count). The summed E-state index contributed by atoms with van der Waals surface area (Å²) in [7, 11) is 3.39. The number of likely N-dealkylation sites (N-methyl/N-ethyl adjacent to an activating group) is 1. The van der Waals surface area contributed by atoms with Crippen molar-refractivity contribution >= 4 is 41.0 Å². The third-order valence-corrected chi connectivity index (χ3v) is 8.05. The average molecular weight is 514 g/mol. The molecule has 0 radical (unpaired) electrons. The lowest BCUT2D eigenvalue weighted by Gasteiger charge is -2.41. The van der Waals surface area contributed by atoms with Crippen molar-refractivity contribution in [2.45, 2.75) is 24.8 Å². The number of hydrogen-bond acceptors (Lipinski definition) is 5. The molecule has 6 nitrogen and oxygen atoms in total. The van der Waals surface area contributed by atoms with Crippen LogP contribution >= 0.6 is 11.8 Å². The van der Waals surface area contributed by atoms with Crippen LogP contribution in [0.15, 0.2) is 76.5 Å². The quantitative estimate of drug-likeness (QED) is 0.434. The van der Waals surface area contributed by atoms with Gasteiger partial charge in [-0.1, -0.05) is 41.6 Å². The molecule has 0 bridgehead atoms. The summed E-state index contributed by atoms with van der Waals surface area (Å²) in [6.45, 7) is 6.34. The zero-order valence-electron chi connectivity index (χ0n) is 21.6. The smallest absolute Gasteiger partial charge is 0.264 e. The first-order valence-electron chi connectivity index (χ1n) is 12.4. The van der Waals surface area contributed by atoms with Crippen molar-refractivity contribution in [2.24, 2.45) is 0 Å². The van der Waals surface area contributed by atoms with Crippen molar-refractivity contribution in [1.82, 2.24) is 4.90 Å². The van der Waals surface area contributed by atoms with E-state index in [1.54, 1.807) is 19.1 Å². The number of rotatable bonds is 4. The minimum Gasteiger partial charge on any atom is -0.497 e. The molecular formula is C30H31N3O3S. The van der Waals surface area contributed by atoms with Crippen LogP contribution < -0.4 is 14.5 Å². The first-order valence-corrected chi connectivity index (χ1v) is 13.2. The fraction of sp³-hybridized carbons (Fsp3) is 0.267. The van der Waals surface area contributed by atoms with Crippen molar-refractivity contribution in [1.29, 1.82) is 0 Å². The summed E-state index contributed by atoms with van der Waals surface area (Å²) in [5.74, 6) is 0.653. The van der Waals surface area contributed by atoms with Crippen molar-refractivity contribution in [3.8, 4) is 5.75 Å². The maximum atomic E-state index is 13.4. The number of hydrogen-bond donors (Lipinski definition) is 0. The van der Waals surface area contributed by atoms with Crippen LogP contribution in [0.25, 0.3) is 6.08 Å². The van der Waals surface area contributed by atoms with Gasteiger partial charge in [0.25, 0.3) is 11.8 Å². The van der Waals surface area contributed by atoms with E-state index in [1.807, 2.05) is 53.4 Å². The van der Waals surface area contributed by atoms with Crippen LogP contribution in [0, 0.1) is 6.92 Å². The number of methoxy groups -OCH3 is 1. The Morgan fingerprint density at radius 3 is 2.57 bits per heavy atom. The number of carbonyl (C=O) groups excluding carboxylic acids is 2. The van der Waals surface area contributed by atoms with E-state index in [4.69, 9.17) is 4.74 Å². The highest BCUT2D eigenvalue weighted by Crippen LogP contribution is 2.42. The van der Waals surface area contributed by atoms with Gasteiger partial charge in [0.15, 0.2) is 0 Å². The van der Waals surface area contributed by atoms with Gasteiger partial charge in [-0.05, 0) is 68.0 Å². The number of benzene rings is 3. The van der Waals surface area contributed by atoms with E-state index in [9.17, 15) is 9.59 Å². The fourth-order valence-electron chi connectivity index (χ4n) is 4.85. The highest BCUT2D eigenvalue weighted by Gasteiger charge is 2.30. The lowest BCUT2D eigenvalue weighted by Crippen LogP contribution is -2.53. The molecule has 0 N–H and O–H groups in total. The number of aryl methyl sites for hydroxylation is 1. The molecule has 1 atom stereocenters. The van der Waals surface area contributed by atoms with E-state index in [2.05, 4.69) is 43.0 Å². The van der Waals surface area contributed by atoms with Crippen LogP contribution in [0.2, 0.25) is 0 Å². The Bertz CT molecular complexity index is 1370. The third-order valence-electron chi connectivity index (χ3n) is 6.97. The van der Waals surface area contributed by atoms with Gasteiger partial charge < -0.3 is 19.4 Å². The number of fused-ring (bicyclic) bond motifs is 1. The first kappa shape index (κ1) is 25.0. The molecule has 37 heavy (non-hydrogen) atoms. The van der Waals surface area contributed by atoms with Crippen LogP contribution in [-0.4, -0.2) is 56.5 Å². The molecule has 3 aromatic carbocycles. The lowest BCUT2D eigenvalue weighted by atomic mass is 10.1. The standard InChI is InChI=1S/C30H31N3O3S/c1-20-8-11-24(12-9-20)33-15-14-32(19-21(33)2)29(34)23-10-13-27-26(18-23)31(3)30(35)28(37-27)17-22-6-5-7-25(16-22)36-4/h5-13,16-18,21H,14-15,19H2,1-4H3/b28-17-/t21-/m0/s1. The van der Waals surface area contributed by atoms with Crippen molar-refractivity contribution in [2.75, 3.05) is 43.6 Å². The molecule has 190 valence electrons. The number of nitrogens with zero attached hydrogens (tertiary/aromatic N) is 3. The highest BCUT2D eigenvalue weighted by atomic mass is 32.2. The zero-order chi connectivity index (χ0) is 26.1. The summed E-state index contributed by atoms with van der Waals surface area (Å²) in [4.78, 5) is 34.1. The van der Waals surface area contributed by atoms with Gasteiger partial charge in [-0.3, -0.25) is 9.59 Å². The topological polar surface area (TPSA) is 53.1 Å². The largest absolute Gasteiger partial charge is 0.497 e. The van der Waals surface area contributed by atoms with Gasteiger partial charge in [0.05, 0.1) is 17.7 Å². The summed E-state index contributed by atoms with van der Waals surface area (Å²) >= 11 is 1.43. The molecule has 1 fully saturated rings. The number of carbonyl (C=O) groups is 2. The Morgan fingerprint density at radius 1 is 1.05 bits per heavy atom.